The van der Waals surface area contributed by atoms with Gasteiger partial charge in [0.05, 0.1) is 23.6 Å². The van der Waals surface area contributed by atoms with E-state index in [2.05, 4.69) is 9.46 Å². The van der Waals surface area contributed by atoms with Crippen LogP contribution in [0.4, 0.5) is 0 Å². The molecule has 0 amide bonds. The van der Waals surface area contributed by atoms with Crippen molar-refractivity contribution in [1.82, 2.24) is 4.72 Å². The minimum Gasteiger partial charge on any atom is -0.487 e. The molecule has 0 spiro atoms. The molecule has 0 aromatic heterocycles. The van der Waals surface area contributed by atoms with Gasteiger partial charge in [0.2, 0.25) is 10.0 Å². The number of carbonyl (C=O) groups is 1. The highest BCUT2D eigenvalue weighted by Gasteiger charge is 2.36. The van der Waals surface area contributed by atoms with E-state index in [9.17, 15) is 13.2 Å². The second-order valence-electron chi connectivity index (χ2n) is 7.30. The summed E-state index contributed by atoms with van der Waals surface area (Å²) in [6.45, 7) is 5.80. The quantitative estimate of drug-likeness (QED) is 0.811. The van der Waals surface area contributed by atoms with Crippen LogP contribution in [0.2, 0.25) is 0 Å². The van der Waals surface area contributed by atoms with Crippen molar-refractivity contribution in [3.8, 4) is 5.75 Å². The SMILES string of the molecule is COC(=O)c1cccc(S(=O)(=O)NC2CC(C)(C)Oc3ccc(C)cc32)c1. The van der Waals surface area contributed by atoms with Crippen LogP contribution in [-0.4, -0.2) is 27.1 Å². The second-order valence-corrected chi connectivity index (χ2v) is 9.01. The van der Waals surface area contributed by atoms with Gasteiger partial charge in [-0.05, 0) is 45.0 Å². The highest BCUT2D eigenvalue weighted by molar-refractivity contribution is 7.89. The Hall–Kier alpha value is -2.38. The fourth-order valence-electron chi connectivity index (χ4n) is 3.24. The maximum atomic E-state index is 13.0. The number of benzene rings is 2. The van der Waals surface area contributed by atoms with E-state index >= 15 is 0 Å². The summed E-state index contributed by atoms with van der Waals surface area (Å²) >= 11 is 0. The molecular weight excluding hydrogens is 366 g/mol. The zero-order valence-corrected chi connectivity index (χ0v) is 16.6. The summed E-state index contributed by atoms with van der Waals surface area (Å²) in [5.74, 6) is 0.0908. The molecule has 1 heterocycles. The maximum absolute atomic E-state index is 13.0. The predicted octanol–water partition coefficient (Wildman–Crippen LogP) is 3.36. The van der Waals surface area contributed by atoms with Crippen LogP contribution in [0.25, 0.3) is 0 Å². The van der Waals surface area contributed by atoms with Crippen molar-refractivity contribution >= 4 is 16.0 Å². The summed E-state index contributed by atoms with van der Waals surface area (Å²) in [6.07, 6.45) is 0.485. The molecule has 0 aliphatic carbocycles. The van der Waals surface area contributed by atoms with E-state index in [4.69, 9.17) is 4.74 Å². The lowest BCUT2D eigenvalue weighted by Crippen LogP contribution is -2.41. The summed E-state index contributed by atoms with van der Waals surface area (Å²) in [6, 6.07) is 11.1. The van der Waals surface area contributed by atoms with Crippen LogP contribution < -0.4 is 9.46 Å². The van der Waals surface area contributed by atoms with E-state index in [1.807, 2.05) is 39.0 Å². The van der Waals surface area contributed by atoms with Crippen molar-refractivity contribution in [2.24, 2.45) is 0 Å². The molecule has 27 heavy (non-hydrogen) atoms. The first-order valence-corrected chi connectivity index (χ1v) is 10.1. The number of methoxy groups -OCH3 is 1. The van der Waals surface area contributed by atoms with Gasteiger partial charge in [-0.25, -0.2) is 17.9 Å². The molecule has 3 rings (SSSR count). The van der Waals surface area contributed by atoms with Gasteiger partial charge in [-0.1, -0.05) is 23.8 Å². The molecule has 0 saturated carbocycles. The standard InChI is InChI=1S/C20H23NO5S/c1-13-8-9-18-16(10-13)17(12-20(2,3)26-18)21-27(23,24)15-7-5-6-14(11-15)19(22)25-4/h5-11,17,21H,12H2,1-4H3. The Bertz CT molecular complexity index is 982. The van der Waals surface area contributed by atoms with Crippen LogP contribution in [0.3, 0.4) is 0 Å². The minimum atomic E-state index is -3.84. The highest BCUT2D eigenvalue weighted by Crippen LogP contribution is 2.40. The third-order valence-electron chi connectivity index (χ3n) is 4.49. The van der Waals surface area contributed by atoms with Gasteiger partial charge in [-0.15, -0.1) is 0 Å². The summed E-state index contributed by atoms with van der Waals surface area (Å²) in [5.41, 5.74) is 1.50. The molecule has 0 fully saturated rings. The third kappa shape index (κ3) is 4.14. The Balaban J connectivity index is 1.97. The number of fused-ring (bicyclic) bond motifs is 1. The largest absolute Gasteiger partial charge is 0.487 e. The lowest BCUT2D eigenvalue weighted by molar-refractivity contribution is 0.0600. The van der Waals surface area contributed by atoms with Crippen molar-refractivity contribution in [2.45, 2.75) is 43.7 Å². The second kappa shape index (κ2) is 6.98. The summed E-state index contributed by atoms with van der Waals surface area (Å²) in [4.78, 5) is 11.7. The van der Waals surface area contributed by atoms with E-state index in [0.717, 1.165) is 11.1 Å². The molecule has 1 N–H and O–H groups in total. The number of aryl methyl sites for hydroxylation is 1. The zero-order chi connectivity index (χ0) is 19.8. The molecule has 2 aromatic rings. The Kier molecular flexibility index (Phi) is 5.01. The number of carbonyl (C=O) groups excluding carboxylic acids is 1. The number of hydrogen-bond donors (Lipinski definition) is 1. The Labute approximate surface area is 159 Å². The van der Waals surface area contributed by atoms with Crippen LogP contribution in [0.15, 0.2) is 47.4 Å². The minimum absolute atomic E-state index is 0.0175. The van der Waals surface area contributed by atoms with E-state index in [1.54, 1.807) is 0 Å². The Morgan fingerprint density at radius 2 is 1.96 bits per heavy atom. The molecule has 2 aromatic carbocycles. The fraction of sp³-hybridized carbons (Fsp3) is 0.350. The smallest absolute Gasteiger partial charge is 0.337 e. The van der Waals surface area contributed by atoms with Gasteiger partial charge < -0.3 is 9.47 Å². The van der Waals surface area contributed by atoms with E-state index in [-0.39, 0.29) is 10.5 Å². The van der Waals surface area contributed by atoms with Crippen LogP contribution in [-0.2, 0) is 14.8 Å². The molecule has 0 radical (unpaired) electrons. The topological polar surface area (TPSA) is 81.7 Å². The van der Waals surface area contributed by atoms with Crippen molar-refractivity contribution < 1.29 is 22.7 Å². The third-order valence-corrected chi connectivity index (χ3v) is 5.95. The number of esters is 1. The number of ether oxygens (including phenoxy) is 2. The van der Waals surface area contributed by atoms with Gasteiger partial charge in [0, 0.05) is 12.0 Å². The van der Waals surface area contributed by atoms with E-state index in [1.165, 1.54) is 31.4 Å². The molecule has 0 saturated heterocycles. The molecule has 1 aliphatic rings. The first-order valence-electron chi connectivity index (χ1n) is 8.61. The van der Waals surface area contributed by atoms with Crippen LogP contribution >= 0.6 is 0 Å². The van der Waals surface area contributed by atoms with E-state index in [0.29, 0.717) is 12.2 Å². The maximum Gasteiger partial charge on any atom is 0.337 e. The molecular formula is C20H23NO5S. The van der Waals surface area contributed by atoms with Gasteiger partial charge in [0.25, 0.3) is 0 Å². The molecule has 1 aliphatic heterocycles. The summed E-state index contributed by atoms with van der Waals surface area (Å²) in [7, 11) is -2.59. The van der Waals surface area contributed by atoms with Crippen molar-refractivity contribution in [1.29, 1.82) is 0 Å². The number of hydrogen-bond acceptors (Lipinski definition) is 5. The molecule has 7 heteroatoms. The zero-order valence-electron chi connectivity index (χ0n) is 15.8. The van der Waals surface area contributed by atoms with Crippen LogP contribution in [0, 0.1) is 6.92 Å². The first-order chi connectivity index (χ1) is 12.6. The summed E-state index contributed by atoms with van der Waals surface area (Å²) in [5, 5.41) is 0. The number of sulfonamides is 1. The molecule has 0 bridgehead atoms. The molecule has 1 unspecified atom stereocenters. The van der Waals surface area contributed by atoms with Crippen LogP contribution in [0.5, 0.6) is 5.75 Å². The highest BCUT2D eigenvalue weighted by atomic mass is 32.2. The van der Waals surface area contributed by atoms with Gasteiger partial charge >= 0.3 is 5.97 Å². The predicted molar refractivity (Wildman–Crippen MR) is 101 cm³/mol. The normalized spacial score (nSPS) is 18.3. The van der Waals surface area contributed by atoms with Crippen molar-refractivity contribution in [2.75, 3.05) is 7.11 Å². The van der Waals surface area contributed by atoms with Crippen LogP contribution in [0.1, 0.15) is 47.8 Å². The monoisotopic (exact) mass is 389 g/mol. The van der Waals surface area contributed by atoms with Gasteiger partial charge in [0.1, 0.15) is 11.4 Å². The van der Waals surface area contributed by atoms with Gasteiger partial charge in [-0.2, -0.15) is 0 Å². The van der Waals surface area contributed by atoms with Crippen molar-refractivity contribution in [3.63, 3.8) is 0 Å². The average molecular weight is 389 g/mol. The molecule has 144 valence electrons. The van der Waals surface area contributed by atoms with E-state index < -0.39 is 27.6 Å². The summed E-state index contributed by atoms with van der Waals surface area (Å²) < 4.78 is 39.4. The lowest BCUT2D eigenvalue weighted by atomic mass is 9.89. The van der Waals surface area contributed by atoms with Crippen molar-refractivity contribution in [3.05, 3.63) is 59.2 Å². The number of nitrogens with one attached hydrogen (secondary N) is 1. The fourth-order valence-corrected chi connectivity index (χ4v) is 4.50. The Morgan fingerprint density at radius 3 is 2.67 bits per heavy atom. The molecule has 6 nitrogen and oxygen atoms in total. The molecule has 1 atom stereocenters. The first kappa shape index (κ1) is 19.4. The number of rotatable bonds is 4. The lowest BCUT2D eigenvalue weighted by Gasteiger charge is -2.38. The van der Waals surface area contributed by atoms with Gasteiger partial charge in [-0.3, -0.25) is 0 Å². The Morgan fingerprint density at radius 1 is 1.22 bits per heavy atom. The average Bonchev–Trinajstić information content (AvgIpc) is 2.61. The van der Waals surface area contributed by atoms with Gasteiger partial charge in [0.15, 0.2) is 0 Å².